The molecule has 0 saturated carbocycles. The normalized spacial score (nSPS) is 10.5. The van der Waals surface area contributed by atoms with E-state index in [0.29, 0.717) is 12.2 Å². The summed E-state index contributed by atoms with van der Waals surface area (Å²) in [6, 6.07) is 18.1. The molecule has 4 heteroatoms. The van der Waals surface area contributed by atoms with Gasteiger partial charge in [0.1, 0.15) is 0 Å². The number of rotatable bonds is 6. The van der Waals surface area contributed by atoms with Gasteiger partial charge in [-0.3, -0.25) is 4.79 Å². The quantitative estimate of drug-likeness (QED) is 0.770. The Morgan fingerprint density at radius 2 is 1.64 bits per heavy atom. The van der Waals surface area contributed by atoms with E-state index >= 15 is 0 Å². The maximum Gasteiger partial charge on any atom is 0.228 e. The number of nitrogens with zero attached hydrogens (tertiary/aromatic N) is 1. The van der Waals surface area contributed by atoms with E-state index in [4.69, 9.17) is 0 Å². The lowest BCUT2D eigenvalue weighted by atomic mass is 10.2. The summed E-state index contributed by atoms with van der Waals surface area (Å²) in [4.78, 5) is 14.0. The Hall–Kier alpha value is -1.94. The maximum absolute atomic E-state index is 12.2. The molecule has 0 fully saturated rings. The van der Waals surface area contributed by atoms with Gasteiger partial charge >= 0.3 is 0 Å². The third-order valence-corrected chi connectivity index (χ3v) is 3.54. The van der Waals surface area contributed by atoms with Crippen molar-refractivity contribution >= 4 is 35.6 Å². The summed E-state index contributed by atoms with van der Waals surface area (Å²) in [5.41, 5.74) is 2.96. The molecule has 0 bridgehead atoms. The first kappa shape index (κ1) is 16.4. The van der Waals surface area contributed by atoms with Gasteiger partial charge in [-0.25, -0.2) is 0 Å². The van der Waals surface area contributed by atoms with Crippen LogP contribution in [0, 0.1) is 0 Å². The second-order valence-electron chi connectivity index (χ2n) is 5.37. The largest absolute Gasteiger partial charge is 0.356 e. The van der Waals surface area contributed by atoms with Crippen molar-refractivity contribution in [2.24, 2.45) is 0 Å². The van der Waals surface area contributed by atoms with Crippen LogP contribution in [-0.4, -0.2) is 17.7 Å². The summed E-state index contributed by atoms with van der Waals surface area (Å²) in [5.74, 6) is 0.671. The zero-order valence-electron chi connectivity index (χ0n) is 13.0. The number of hydrogen-bond acceptors (Lipinski definition) is 3. The predicted octanol–water partition coefficient (Wildman–Crippen LogP) is 4.49. The Morgan fingerprint density at radius 1 is 1.05 bits per heavy atom. The summed E-state index contributed by atoms with van der Waals surface area (Å²) in [7, 11) is 0. The van der Waals surface area contributed by atoms with Crippen LogP contribution in [0.5, 0.6) is 0 Å². The van der Waals surface area contributed by atoms with Crippen molar-refractivity contribution in [3.63, 3.8) is 0 Å². The Labute approximate surface area is 137 Å². The van der Waals surface area contributed by atoms with E-state index in [9.17, 15) is 4.79 Å². The minimum Gasteiger partial charge on any atom is -0.356 e. The molecule has 2 rings (SSSR count). The molecule has 22 heavy (non-hydrogen) atoms. The zero-order valence-corrected chi connectivity index (χ0v) is 13.9. The highest BCUT2D eigenvalue weighted by Crippen LogP contribution is 2.23. The first-order chi connectivity index (χ1) is 10.6. The average molecular weight is 314 g/mol. The van der Waals surface area contributed by atoms with E-state index in [-0.39, 0.29) is 11.9 Å². The Kier molecular flexibility index (Phi) is 5.90. The molecule has 1 amide bonds. The molecule has 2 aromatic rings. The summed E-state index contributed by atoms with van der Waals surface area (Å²) < 4.78 is 0. The van der Waals surface area contributed by atoms with E-state index in [2.05, 4.69) is 17.9 Å². The lowest BCUT2D eigenvalue weighted by Crippen LogP contribution is -2.37. The van der Waals surface area contributed by atoms with E-state index in [1.165, 1.54) is 0 Å². The number of para-hydroxylation sites is 1. The van der Waals surface area contributed by atoms with Gasteiger partial charge in [0, 0.05) is 29.5 Å². The van der Waals surface area contributed by atoms with Crippen LogP contribution in [0.15, 0.2) is 54.6 Å². The van der Waals surface area contributed by atoms with Crippen molar-refractivity contribution in [2.45, 2.75) is 26.3 Å². The Balaban J connectivity index is 2.14. The van der Waals surface area contributed by atoms with Crippen molar-refractivity contribution in [2.75, 3.05) is 16.0 Å². The van der Waals surface area contributed by atoms with Crippen LogP contribution in [-0.2, 0) is 4.79 Å². The van der Waals surface area contributed by atoms with Crippen molar-refractivity contribution < 1.29 is 4.79 Å². The van der Waals surface area contributed by atoms with Gasteiger partial charge in [0.05, 0.1) is 0 Å². The van der Waals surface area contributed by atoms with E-state index in [0.717, 1.165) is 17.1 Å². The van der Waals surface area contributed by atoms with Crippen LogP contribution in [0.2, 0.25) is 0 Å². The van der Waals surface area contributed by atoms with Crippen LogP contribution >= 0.6 is 12.6 Å². The topological polar surface area (TPSA) is 32.3 Å². The molecular weight excluding hydrogens is 292 g/mol. The van der Waals surface area contributed by atoms with E-state index in [1.807, 2.05) is 73.3 Å². The molecule has 0 aliphatic rings. The van der Waals surface area contributed by atoms with Crippen LogP contribution in [0.1, 0.15) is 20.3 Å². The highest BCUT2D eigenvalue weighted by Gasteiger charge is 2.18. The number of nitrogens with one attached hydrogen (secondary N) is 1. The highest BCUT2D eigenvalue weighted by atomic mass is 32.1. The van der Waals surface area contributed by atoms with Gasteiger partial charge in [-0.1, -0.05) is 18.2 Å². The molecule has 3 nitrogen and oxygen atoms in total. The standard InChI is InChI=1S/C18H22N2OS/c1-14(2)20(18(21)12-13-22)17-10-8-16(9-11-17)19-15-6-4-3-5-7-15/h3-11,14,19,22H,12-13H2,1-2H3. The number of thiol groups is 1. The number of carbonyl (C=O) groups is 1. The summed E-state index contributed by atoms with van der Waals surface area (Å²) in [5, 5.41) is 3.34. The first-order valence-electron chi connectivity index (χ1n) is 7.47. The van der Waals surface area contributed by atoms with Gasteiger partial charge in [0.25, 0.3) is 0 Å². The Morgan fingerprint density at radius 3 is 2.18 bits per heavy atom. The minimum absolute atomic E-state index is 0.105. The van der Waals surface area contributed by atoms with Gasteiger partial charge in [-0.15, -0.1) is 0 Å². The molecule has 116 valence electrons. The number of hydrogen-bond donors (Lipinski definition) is 2. The monoisotopic (exact) mass is 314 g/mol. The lowest BCUT2D eigenvalue weighted by Gasteiger charge is -2.27. The van der Waals surface area contributed by atoms with E-state index < -0.39 is 0 Å². The molecular formula is C18H22N2OS. The molecule has 0 aliphatic carbocycles. The fraction of sp³-hybridized carbons (Fsp3) is 0.278. The van der Waals surface area contributed by atoms with E-state index in [1.54, 1.807) is 0 Å². The fourth-order valence-electron chi connectivity index (χ4n) is 2.34. The van der Waals surface area contributed by atoms with Crippen LogP contribution in [0.3, 0.4) is 0 Å². The molecule has 0 atom stereocenters. The minimum atomic E-state index is 0.105. The maximum atomic E-state index is 12.2. The van der Waals surface area contributed by atoms with Gasteiger partial charge in [0.15, 0.2) is 0 Å². The van der Waals surface area contributed by atoms with Crippen molar-refractivity contribution in [3.05, 3.63) is 54.6 Å². The average Bonchev–Trinajstić information content (AvgIpc) is 2.50. The fourth-order valence-corrected chi connectivity index (χ4v) is 2.53. The SMILES string of the molecule is CC(C)N(C(=O)CCS)c1ccc(Nc2ccccc2)cc1. The molecule has 1 N–H and O–H groups in total. The number of benzene rings is 2. The molecule has 0 unspecified atom stereocenters. The second kappa shape index (κ2) is 7.90. The summed E-state index contributed by atoms with van der Waals surface area (Å²) >= 11 is 4.15. The van der Waals surface area contributed by atoms with Crippen LogP contribution in [0.25, 0.3) is 0 Å². The first-order valence-corrected chi connectivity index (χ1v) is 8.10. The van der Waals surface area contributed by atoms with Gasteiger partial charge in [0.2, 0.25) is 5.91 Å². The zero-order chi connectivity index (χ0) is 15.9. The van der Waals surface area contributed by atoms with Crippen molar-refractivity contribution in [1.29, 1.82) is 0 Å². The van der Waals surface area contributed by atoms with Gasteiger partial charge in [-0.2, -0.15) is 12.6 Å². The predicted molar refractivity (Wildman–Crippen MR) is 97.3 cm³/mol. The Bertz CT molecular complexity index is 596. The molecule has 0 heterocycles. The molecule has 0 aliphatic heterocycles. The smallest absolute Gasteiger partial charge is 0.228 e. The molecule has 2 aromatic carbocycles. The lowest BCUT2D eigenvalue weighted by molar-refractivity contribution is -0.118. The van der Waals surface area contributed by atoms with Gasteiger partial charge < -0.3 is 10.2 Å². The summed E-state index contributed by atoms with van der Waals surface area (Å²) in [6.45, 7) is 4.04. The van der Waals surface area contributed by atoms with Crippen LogP contribution in [0.4, 0.5) is 17.1 Å². The molecule has 0 saturated heterocycles. The van der Waals surface area contributed by atoms with Gasteiger partial charge in [-0.05, 0) is 56.0 Å². The third-order valence-electron chi connectivity index (χ3n) is 3.32. The highest BCUT2D eigenvalue weighted by molar-refractivity contribution is 7.80. The van der Waals surface area contributed by atoms with Crippen molar-refractivity contribution in [1.82, 2.24) is 0 Å². The number of carbonyl (C=O) groups excluding carboxylic acids is 1. The molecule has 0 aromatic heterocycles. The molecule has 0 radical (unpaired) electrons. The summed E-state index contributed by atoms with van der Waals surface area (Å²) in [6.07, 6.45) is 0.450. The number of amides is 1. The second-order valence-corrected chi connectivity index (χ2v) is 5.82. The van der Waals surface area contributed by atoms with Crippen LogP contribution < -0.4 is 10.2 Å². The van der Waals surface area contributed by atoms with Crippen molar-refractivity contribution in [3.8, 4) is 0 Å². The number of anilines is 3. The third kappa shape index (κ3) is 4.28. The molecule has 0 spiro atoms.